The highest BCUT2D eigenvalue weighted by atomic mass is 79.9. The molecular weight excluding hydrogens is 327 g/mol. The molecule has 0 bridgehead atoms. The van der Waals surface area contributed by atoms with Crippen molar-refractivity contribution in [1.29, 1.82) is 0 Å². The van der Waals surface area contributed by atoms with Gasteiger partial charge in [0.25, 0.3) is 5.91 Å². The molecule has 0 aliphatic heterocycles. The third-order valence-corrected chi connectivity index (χ3v) is 3.21. The minimum atomic E-state index is -0.550. The van der Waals surface area contributed by atoms with Gasteiger partial charge in [-0.25, -0.2) is 4.39 Å². The number of anilines is 2. The molecule has 0 fully saturated rings. The van der Waals surface area contributed by atoms with Gasteiger partial charge in [-0.05, 0) is 52.3 Å². The Morgan fingerprint density at radius 3 is 2.65 bits per heavy atom. The summed E-state index contributed by atoms with van der Waals surface area (Å²) in [6, 6.07) is 8.78. The van der Waals surface area contributed by atoms with Gasteiger partial charge in [0.1, 0.15) is 11.6 Å². The van der Waals surface area contributed by atoms with Crippen molar-refractivity contribution in [3.8, 4) is 5.75 Å². The fraction of sp³-hybridized carbons (Fsp3) is 0.0714. The molecule has 2 rings (SSSR count). The minimum Gasteiger partial charge on any atom is -0.496 e. The van der Waals surface area contributed by atoms with Crippen LogP contribution in [0.2, 0.25) is 0 Å². The molecule has 0 aromatic heterocycles. The highest BCUT2D eigenvalue weighted by Gasteiger charge is 2.10. The Hall–Kier alpha value is -2.08. The van der Waals surface area contributed by atoms with Gasteiger partial charge in [0.15, 0.2) is 0 Å². The van der Waals surface area contributed by atoms with E-state index in [1.807, 2.05) is 0 Å². The first kappa shape index (κ1) is 14.3. The van der Waals surface area contributed by atoms with Crippen LogP contribution in [0.25, 0.3) is 0 Å². The molecule has 3 N–H and O–H groups in total. The van der Waals surface area contributed by atoms with E-state index >= 15 is 0 Å². The number of nitrogens with two attached hydrogens (primary N) is 1. The molecule has 104 valence electrons. The quantitative estimate of drug-likeness (QED) is 0.842. The lowest BCUT2D eigenvalue weighted by Gasteiger charge is -2.08. The van der Waals surface area contributed by atoms with E-state index in [0.29, 0.717) is 15.9 Å². The second-order valence-electron chi connectivity index (χ2n) is 4.08. The third kappa shape index (κ3) is 3.27. The Morgan fingerprint density at radius 1 is 1.30 bits per heavy atom. The highest BCUT2D eigenvalue weighted by Crippen LogP contribution is 2.28. The van der Waals surface area contributed by atoms with Crippen molar-refractivity contribution < 1.29 is 13.9 Å². The summed E-state index contributed by atoms with van der Waals surface area (Å²) in [5.74, 6) is -0.336. The molecular formula is C14H12BrFN2O2. The molecule has 2 aromatic rings. The maximum Gasteiger partial charge on any atom is 0.255 e. The van der Waals surface area contributed by atoms with Crippen molar-refractivity contribution >= 4 is 33.2 Å². The Morgan fingerprint density at radius 2 is 2.05 bits per heavy atom. The number of hydrogen-bond acceptors (Lipinski definition) is 3. The SMILES string of the molecule is COc1ccc(NC(=O)c2cc(N)cc(F)c2)cc1Br. The van der Waals surface area contributed by atoms with Crippen LogP contribution in [-0.2, 0) is 0 Å². The molecule has 0 spiro atoms. The molecule has 20 heavy (non-hydrogen) atoms. The highest BCUT2D eigenvalue weighted by molar-refractivity contribution is 9.10. The van der Waals surface area contributed by atoms with E-state index in [2.05, 4.69) is 21.2 Å². The monoisotopic (exact) mass is 338 g/mol. The smallest absolute Gasteiger partial charge is 0.255 e. The third-order valence-electron chi connectivity index (χ3n) is 2.59. The summed E-state index contributed by atoms with van der Waals surface area (Å²) in [4.78, 5) is 12.0. The standard InChI is InChI=1S/C14H12BrFN2O2/c1-20-13-3-2-11(7-12(13)15)18-14(19)8-4-9(16)6-10(17)5-8/h2-7H,17H2,1H3,(H,18,19). The van der Waals surface area contributed by atoms with E-state index in [9.17, 15) is 9.18 Å². The molecule has 0 atom stereocenters. The average Bonchev–Trinajstić information content (AvgIpc) is 2.37. The van der Waals surface area contributed by atoms with E-state index in [4.69, 9.17) is 10.5 Å². The van der Waals surface area contributed by atoms with Crippen LogP contribution in [0.4, 0.5) is 15.8 Å². The van der Waals surface area contributed by atoms with Crippen LogP contribution in [0.5, 0.6) is 5.75 Å². The molecule has 0 aliphatic carbocycles. The van der Waals surface area contributed by atoms with Gasteiger partial charge in [-0.15, -0.1) is 0 Å². The molecule has 0 radical (unpaired) electrons. The van der Waals surface area contributed by atoms with Crippen molar-refractivity contribution in [2.45, 2.75) is 0 Å². The molecule has 0 unspecified atom stereocenters. The Bertz CT molecular complexity index is 641. The summed E-state index contributed by atoms with van der Waals surface area (Å²) in [5.41, 5.74) is 6.43. The number of carbonyl (C=O) groups excluding carboxylic acids is 1. The van der Waals surface area contributed by atoms with Crippen molar-refractivity contribution in [3.05, 3.63) is 52.3 Å². The first-order valence-electron chi connectivity index (χ1n) is 5.70. The Kier molecular flexibility index (Phi) is 4.24. The lowest BCUT2D eigenvalue weighted by molar-refractivity contribution is 0.102. The number of nitrogen functional groups attached to an aromatic ring is 1. The summed E-state index contributed by atoms with van der Waals surface area (Å²) in [6.07, 6.45) is 0. The fourth-order valence-corrected chi connectivity index (χ4v) is 2.23. The molecule has 0 saturated heterocycles. The minimum absolute atomic E-state index is 0.162. The van der Waals surface area contributed by atoms with Crippen LogP contribution in [0, 0.1) is 5.82 Å². The number of methoxy groups -OCH3 is 1. The normalized spacial score (nSPS) is 10.2. The number of benzene rings is 2. The van der Waals surface area contributed by atoms with Crippen LogP contribution < -0.4 is 15.8 Å². The van der Waals surface area contributed by atoms with Gasteiger partial charge in [-0.1, -0.05) is 0 Å². The zero-order valence-corrected chi connectivity index (χ0v) is 12.2. The van der Waals surface area contributed by atoms with E-state index in [-0.39, 0.29) is 11.3 Å². The lowest BCUT2D eigenvalue weighted by Crippen LogP contribution is -2.12. The predicted molar refractivity (Wildman–Crippen MR) is 79.5 cm³/mol. The van der Waals surface area contributed by atoms with Crippen LogP contribution in [0.15, 0.2) is 40.9 Å². The number of amides is 1. The largest absolute Gasteiger partial charge is 0.496 e. The van der Waals surface area contributed by atoms with Crippen LogP contribution in [-0.4, -0.2) is 13.0 Å². The number of carbonyl (C=O) groups is 1. The van der Waals surface area contributed by atoms with Gasteiger partial charge in [0, 0.05) is 16.9 Å². The second-order valence-corrected chi connectivity index (χ2v) is 4.93. The topological polar surface area (TPSA) is 64.3 Å². The average molecular weight is 339 g/mol. The van der Waals surface area contributed by atoms with Crippen LogP contribution >= 0.6 is 15.9 Å². The second kappa shape index (κ2) is 5.92. The molecule has 4 nitrogen and oxygen atoms in total. The maximum atomic E-state index is 13.2. The molecule has 6 heteroatoms. The lowest BCUT2D eigenvalue weighted by atomic mass is 10.1. The number of hydrogen-bond donors (Lipinski definition) is 2. The van der Waals surface area contributed by atoms with Gasteiger partial charge in [-0.3, -0.25) is 4.79 Å². The predicted octanol–water partition coefficient (Wildman–Crippen LogP) is 3.43. The van der Waals surface area contributed by atoms with Crippen molar-refractivity contribution in [3.63, 3.8) is 0 Å². The summed E-state index contributed by atoms with van der Waals surface area (Å²) in [5, 5.41) is 2.66. The Labute approximate surface area is 123 Å². The van der Waals surface area contributed by atoms with Crippen molar-refractivity contribution in [1.82, 2.24) is 0 Å². The van der Waals surface area contributed by atoms with Gasteiger partial charge >= 0.3 is 0 Å². The van der Waals surface area contributed by atoms with Crippen molar-refractivity contribution in [2.75, 3.05) is 18.2 Å². The van der Waals surface area contributed by atoms with E-state index in [1.54, 1.807) is 25.3 Å². The first-order valence-corrected chi connectivity index (χ1v) is 6.50. The van der Waals surface area contributed by atoms with Crippen LogP contribution in [0.3, 0.4) is 0 Å². The maximum absolute atomic E-state index is 13.2. The number of halogens is 2. The van der Waals surface area contributed by atoms with Gasteiger partial charge < -0.3 is 15.8 Å². The number of rotatable bonds is 3. The summed E-state index contributed by atoms with van der Waals surface area (Å²) in [7, 11) is 1.55. The van der Waals surface area contributed by atoms with Crippen LogP contribution in [0.1, 0.15) is 10.4 Å². The fourth-order valence-electron chi connectivity index (χ4n) is 1.69. The molecule has 1 amide bonds. The van der Waals surface area contributed by atoms with Gasteiger partial charge in [-0.2, -0.15) is 0 Å². The van der Waals surface area contributed by atoms with Crippen molar-refractivity contribution in [2.24, 2.45) is 0 Å². The molecule has 2 aromatic carbocycles. The zero-order valence-electron chi connectivity index (χ0n) is 10.6. The van der Waals surface area contributed by atoms with E-state index in [1.165, 1.54) is 6.07 Å². The first-order chi connectivity index (χ1) is 9.49. The number of ether oxygens (including phenoxy) is 1. The van der Waals surface area contributed by atoms with E-state index < -0.39 is 11.7 Å². The number of nitrogens with one attached hydrogen (secondary N) is 1. The van der Waals surface area contributed by atoms with Gasteiger partial charge in [0.2, 0.25) is 0 Å². The molecule has 0 heterocycles. The Balaban J connectivity index is 2.21. The molecule has 0 aliphatic rings. The van der Waals surface area contributed by atoms with E-state index in [0.717, 1.165) is 12.1 Å². The zero-order chi connectivity index (χ0) is 14.7. The summed E-state index contributed by atoms with van der Waals surface area (Å²) < 4.78 is 19.0. The summed E-state index contributed by atoms with van der Waals surface area (Å²) in [6.45, 7) is 0. The summed E-state index contributed by atoms with van der Waals surface area (Å²) >= 11 is 3.32. The molecule has 0 saturated carbocycles. The van der Waals surface area contributed by atoms with Gasteiger partial charge in [0.05, 0.1) is 11.6 Å².